The monoisotopic (exact) mass is 387 g/mol. The summed E-state index contributed by atoms with van der Waals surface area (Å²) in [5.74, 6) is 0.619. The normalized spacial score (nSPS) is 13.0. The number of nitrogens with zero attached hydrogens (tertiary/aromatic N) is 1. The number of hydrogen-bond donors (Lipinski definition) is 2. The lowest BCUT2D eigenvalue weighted by Gasteiger charge is -2.19. The van der Waals surface area contributed by atoms with Crippen molar-refractivity contribution in [3.8, 4) is 11.5 Å². The van der Waals surface area contributed by atoms with Crippen molar-refractivity contribution >= 4 is 34.8 Å². The van der Waals surface area contributed by atoms with Crippen LogP contribution in [0.25, 0.3) is 0 Å². The molecule has 1 aliphatic heterocycles. The van der Waals surface area contributed by atoms with Gasteiger partial charge in [-0.1, -0.05) is 11.6 Å². The fraction of sp³-hybridized carbons (Fsp3) is 0.211. The standard InChI is InChI=1S/C19H18ClN3O4/c1-12(22-23-19(25)13-2-4-14(20)5-3-13)10-18(24)21-15-6-7-16-17(11-15)27-9-8-26-16/h2-7,11H,8-10H2,1H3,(H,21,24)(H,23,25)/b22-12+. The summed E-state index contributed by atoms with van der Waals surface area (Å²) in [5, 5.41) is 7.26. The Morgan fingerprint density at radius 3 is 2.52 bits per heavy atom. The van der Waals surface area contributed by atoms with Gasteiger partial charge < -0.3 is 14.8 Å². The first kappa shape index (κ1) is 18.7. The van der Waals surface area contributed by atoms with Gasteiger partial charge in [-0.15, -0.1) is 0 Å². The molecule has 2 N–H and O–H groups in total. The number of fused-ring (bicyclic) bond motifs is 1. The topological polar surface area (TPSA) is 89.0 Å². The number of anilines is 1. The molecule has 2 amide bonds. The average Bonchev–Trinajstić information content (AvgIpc) is 2.66. The van der Waals surface area contributed by atoms with Crippen LogP contribution < -0.4 is 20.2 Å². The number of halogens is 1. The summed E-state index contributed by atoms with van der Waals surface area (Å²) in [7, 11) is 0. The van der Waals surface area contributed by atoms with Crippen LogP contribution in [0.2, 0.25) is 5.02 Å². The van der Waals surface area contributed by atoms with Crippen LogP contribution in [0.5, 0.6) is 11.5 Å². The molecule has 140 valence electrons. The number of carbonyl (C=O) groups excluding carboxylic acids is 2. The maximum atomic E-state index is 12.2. The number of nitrogens with one attached hydrogen (secondary N) is 2. The van der Waals surface area contributed by atoms with Gasteiger partial charge in [-0.05, 0) is 43.3 Å². The molecule has 0 bridgehead atoms. The van der Waals surface area contributed by atoms with Gasteiger partial charge in [-0.25, -0.2) is 5.43 Å². The Bertz CT molecular complexity index is 881. The van der Waals surface area contributed by atoms with Gasteiger partial charge >= 0.3 is 0 Å². The highest BCUT2D eigenvalue weighted by Gasteiger charge is 2.13. The lowest BCUT2D eigenvalue weighted by Crippen LogP contribution is -2.21. The zero-order valence-corrected chi connectivity index (χ0v) is 15.4. The predicted molar refractivity (Wildman–Crippen MR) is 103 cm³/mol. The molecule has 2 aromatic rings. The van der Waals surface area contributed by atoms with E-state index in [1.54, 1.807) is 49.4 Å². The van der Waals surface area contributed by atoms with E-state index in [0.29, 0.717) is 46.7 Å². The summed E-state index contributed by atoms with van der Waals surface area (Å²) < 4.78 is 10.9. The molecule has 7 nitrogen and oxygen atoms in total. The van der Waals surface area contributed by atoms with Crippen molar-refractivity contribution in [2.75, 3.05) is 18.5 Å². The van der Waals surface area contributed by atoms with E-state index < -0.39 is 0 Å². The number of rotatable bonds is 5. The van der Waals surface area contributed by atoms with Crippen molar-refractivity contribution < 1.29 is 19.1 Å². The first-order chi connectivity index (χ1) is 13.0. The summed E-state index contributed by atoms with van der Waals surface area (Å²) in [6.07, 6.45) is 0.0370. The molecule has 0 spiro atoms. The summed E-state index contributed by atoms with van der Waals surface area (Å²) in [4.78, 5) is 24.1. The molecule has 3 rings (SSSR count). The van der Waals surface area contributed by atoms with Gasteiger partial charge in [0.25, 0.3) is 5.91 Å². The number of ether oxygens (including phenoxy) is 2. The Kier molecular flexibility index (Phi) is 5.93. The highest BCUT2D eigenvalue weighted by molar-refractivity contribution is 6.30. The lowest BCUT2D eigenvalue weighted by molar-refractivity contribution is -0.115. The summed E-state index contributed by atoms with van der Waals surface area (Å²) in [6.45, 7) is 2.64. The SMILES string of the molecule is C/C(CC(=O)Nc1ccc2c(c1)OCCO2)=N\NC(=O)c1ccc(Cl)cc1. The molecule has 8 heteroatoms. The van der Waals surface area contributed by atoms with Gasteiger partial charge in [0.05, 0.1) is 6.42 Å². The first-order valence-corrected chi connectivity index (χ1v) is 8.67. The minimum Gasteiger partial charge on any atom is -0.486 e. The van der Waals surface area contributed by atoms with Crippen LogP contribution >= 0.6 is 11.6 Å². The molecule has 27 heavy (non-hydrogen) atoms. The molecule has 0 aromatic heterocycles. The average molecular weight is 388 g/mol. The molecule has 0 saturated heterocycles. The Labute approximate surface area is 161 Å². The van der Waals surface area contributed by atoms with E-state index >= 15 is 0 Å². The molecule has 0 saturated carbocycles. The number of carbonyl (C=O) groups is 2. The zero-order valence-electron chi connectivity index (χ0n) is 14.6. The highest BCUT2D eigenvalue weighted by Crippen LogP contribution is 2.32. The van der Waals surface area contributed by atoms with E-state index in [1.165, 1.54) is 0 Å². The second kappa shape index (κ2) is 8.55. The molecule has 0 unspecified atom stereocenters. The predicted octanol–water partition coefficient (Wildman–Crippen LogP) is 3.25. The van der Waals surface area contributed by atoms with Crippen molar-refractivity contribution in [2.24, 2.45) is 5.10 Å². The van der Waals surface area contributed by atoms with Crippen molar-refractivity contribution in [3.05, 3.63) is 53.1 Å². The van der Waals surface area contributed by atoms with Gasteiger partial charge in [0, 0.05) is 28.1 Å². The third kappa shape index (κ3) is 5.21. The van der Waals surface area contributed by atoms with E-state index in [2.05, 4.69) is 15.8 Å². The van der Waals surface area contributed by atoms with Crippen LogP contribution in [0.3, 0.4) is 0 Å². The fourth-order valence-electron chi connectivity index (χ4n) is 2.41. The minimum atomic E-state index is -0.377. The molecule has 1 heterocycles. The van der Waals surface area contributed by atoms with Crippen molar-refractivity contribution in [3.63, 3.8) is 0 Å². The van der Waals surface area contributed by atoms with Crippen LogP contribution in [0, 0.1) is 0 Å². The molecule has 0 radical (unpaired) electrons. The zero-order chi connectivity index (χ0) is 19.2. The first-order valence-electron chi connectivity index (χ1n) is 8.30. The van der Waals surface area contributed by atoms with Crippen molar-refractivity contribution in [2.45, 2.75) is 13.3 Å². The third-order valence-electron chi connectivity index (χ3n) is 3.70. The Balaban J connectivity index is 1.53. The fourth-order valence-corrected chi connectivity index (χ4v) is 2.54. The van der Waals surface area contributed by atoms with Crippen LogP contribution in [0.15, 0.2) is 47.6 Å². The van der Waals surface area contributed by atoms with Gasteiger partial charge in [0.15, 0.2) is 11.5 Å². The maximum absolute atomic E-state index is 12.2. The second-order valence-electron chi connectivity index (χ2n) is 5.88. The third-order valence-corrected chi connectivity index (χ3v) is 3.95. The summed E-state index contributed by atoms with van der Waals surface area (Å²) in [6, 6.07) is 11.6. The van der Waals surface area contributed by atoms with E-state index in [1.807, 2.05) is 0 Å². The van der Waals surface area contributed by atoms with Crippen LogP contribution in [0.1, 0.15) is 23.7 Å². The minimum absolute atomic E-state index is 0.0370. The molecular weight excluding hydrogens is 370 g/mol. The smallest absolute Gasteiger partial charge is 0.271 e. The van der Waals surface area contributed by atoms with Gasteiger partial charge in [-0.2, -0.15) is 5.10 Å². The van der Waals surface area contributed by atoms with Crippen LogP contribution in [0.4, 0.5) is 5.69 Å². The second-order valence-corrected chi connectivity index (χ2v) is 6.31. The van der Waals surface area contributed by atoms with Crippen LogP contribution in [-0.2, 0) is 4.79 Å². The van der Waals surface area contributed by atoms with E-state index in [4.69, 9.17) is 21.1 Å². The van der Waals surface area contributed by atoms with Gasteiger partial charge in [-0.3, -0.25) is 9.59 Å². The number of hydrogen-bond acceptors (Lipinski definition) is 5. The quantitative estimate of drug-likeness (QED) is 0.608. The van der Waals surface area contributed by atoms with E-state index in [0.717, 1.165) is 0 Å². The Morgan fingerprint density at radius 2 is 1.78 bits per heavy atom. The lowest BCUT2D eigenvalue weighted by atomic mass is 10.2. The van der Waals surface area contributed by atoms with Gasteiger partial charge in [0.2, 0.25) is 5.91 Å². The molecule has 0 atom stereocenters. The van der Waals surface area contributed by atoms with E-state index in [-0.39, 0.29) is 18.2 Å². The van der Waals surface area contributed by atoms with Crippen LogP contribution in [-0.4, -0.2) is 30.7 Å². The molecule has 0 fully saturated rings. The largest absolute Gasteiger partial charge is 0.486 e. The molecule has 2 aromatic carbocycles. The summed E-state index contributed by atoms with van der Waals surface area (Å²) in [5.41, 5.74) is 3.91. The highest BCUT2D eigenvalue weighted by atomic mass is 35.5. The van der Waals surface area contributed by atoms with Gasteiger partial charge in [0.1, 0.15) is 13.2 Å². The number of hydrazone groups is 1. The van der Waals surface area contributed by atoms with E-state index in [9.17, 15) is 9.59 Å². The molecule has 1 aliphatic rings. The molecule has 0 aliphatic carbocycles. The Morgan fingerprint density at radius 1 is 1.07 bits per heavy atom. The van der Waals surface area contributed by atoms with Crippen molar-refractivity contribution in [1.82, 2.24) is 5.43 Å². The Hall–Kier alpha value is -3.06. The number of benzene rings is 2. The number of amides is 2. The molecular formula is C19H18ClN3O4. The maximum Gasteiger partial charge on any atom is 0.271 e. The summed E-state index contributed by atoms with van der Waals surface area (Å²) >= 11 is 5.79. The van der Waals surface area contributed by atoms with Crippen molar-refractivity contribution in [1.29, 1.82) is 0 Å².